The molecule has 3 rings (SSSR count). The van der Waals surface area contributed by atoms with Gasteiger partial charge in [0.2, 0.25) is 11.8 Å². The molecule has 2 aromatic carbocycles. The van der Waals surface area contributed by atoms with Crippen LogP contribution in [-0.2, 0) is 16.1 Å². The third-order valence-electron chi connectivity index (χ3n) is 5.74. The van der Waals surface area contributed by atoms with E-state index >= 15 is 0 Å². The van der Waals surface area contributed by atoms with E-state index in [0.29, 0.717) is 23.7 Å². The van der Waals surface area contributed by atoms with Crippen LogP contribution in [-0.4, -0.2) is 34.6 Å². The van der Waals surface area contributed by atoms with Crippen LogP contribution in [0.25, 0.3) is 0 Å². The van der Waals surface area contributed by atoms with E-state index < -0.39 is 6.04 Å². The molecule has 1 aliphatic rings. The van der Waals surface area contributed by atoms with Crippen molar-refractivity contribution in [2.24, 2.45) is 0 Å². The lowest BCUT2D eigenvalue weighted by molar-refractivity contribution is -0.140. The molecule has 2 aromatic rings. The van der Waals surface area contributed by atoms with E-state index in [1.165, 1.54) is 5.56 Å². The van der Waals surface area contributed by atoms with Crippen LogP contribution in [0.4, 0.5) is 0 Å². The SMILES string of the molecule is Cc1ccc(SCCC(=O)N(Cc2ccc(Cl)cc2)[C@H](C)C(=O)NC2CCCC2)cc1. The van der Waals surface area contributed by atoms with Crippen LogP contribution in [0.3, 0.4) is 0 Å². The van der Waals surface area contributed by atoms with Crippen LogP contribution < -0.4 is 5.32 Å². The Kier molecular flexibility index (Phi) is 8.85. The van der Waals surface area contributed by atoms with Gasteiger partial charge in [-0.15, -0.1) is 11.8 Å². The van der Waals surface area contributed by atoms with Crippen molar-refractivity contribution in [1.82, 2.24) is 10.2 Å². The molecule has 166 valence electrons. The summed E-state index contributed by atoms with van der Waals surface area (Å²) in [6.07, 6.45) is 4.74. The van der Waals surface area contributed by atoms with Gasteiger partial charge in [-0.05, 0) is 56.5 Å². The number of hydrogen-bond acceptors (Lipinski definition) is 3. The van der Waals surface area contributed by atoms with Crippen LogP contribution in [0.5, 0.6) is 0 Å². The smallest absolute Gasteiger partial charge is 0.242 e. The second-order valence-corrected chi connectivity index (χ2v) is 9.83. The highest BCUT2D eigenvalue weighted by molar-refractivity contribution is 7.99. The molecular weight excluding hydrogens is 428 g/mol. The van der Waals surface area contributed by atoms with Gasteiger partial charge in [0.25, 0.3) is 0 Å². The fourth-order valence-electron chi connectivity index (χ4n) is 3.80. The summed E-state index contributed by atoms with van der Waals surface area (Å²) >= 11 is 7.67. The average molecular weight is 459 g/mol. The standard InChI is InChI=1S/C25H31ClN2O2S/c1-18-7-13-23(14-8-18)31-16-15-24(29)28(17-20-9-11-21(26)12-10-20)19(2)25(30)27-22-5-3-4-6-22/h7-14,19,22H,3-6,15-17H2,1-2H3,(H,27,30)/t19-/m1/s1. The molecule has 0 heterocycles. The summed E-state index contributed by atoms with van der Waals surface area (Å²) in [7, 11) is 0. The largest absolute Gasteiger partial charge is 0.352 e. The van der Waals surface area contributed by atoms with Crippen molar-refractivity contribution in [3.8, 4) is 0 Å². The molecule has 0 aromatic heterocycles. The van der Waals surface area contributed by atoms with Crippen LogP contribution in [0, 0.1) is 6.92 Å². The molecule has 2 amide bonds. The summed E-state index contributed by atoms with van der Waals surface area (Å²) in [5.41, 5.74) is 2.18. The number of carbonyl (C=O) groups is 2. The molecule has 6 heteroatoms. The Morgan fingerprint density at radius 2 is 1.74 bits per heavy atom. The molecule has 31 heavy (non-hydrogen) atoms. The number of amides is 2. The van der Waals surface area contributed by atoms with Crippen LogP contribution in [0.1, 0.15) is 50.2 Å². The fourth-order valence-corrected chi connectivity index (χ4v) is 4.76. The van der Waals surface area contributed by atoms with Gasteiger partial charge in [0.15, 0.2) is 0 Å². The first-order valence-corrected chi connectivity index (χ1v) is 12.3. The highest BCUT2D eigenvalue weighted by atomic mass is 35.5. The summed E-state index contributed by atoms with van der Waals surface area (Å²) in [5, 5.41) is 3.79. The third-order valence-corrected chi connectivity index (χ3v) is 7.01. The van der Waals surface area contributed by atoms with Crippen molar-refractivity contribution in [1.29, 1.82) is 0 Å². The van der Waals surface area contributed by atoms with Crippen molar-refractivity contribution >= 4 is 35.2 Å². The highest BCUT2D eigenvalue weighted by Gasteiger charge is 2.28. The molecule has 1 atom stereocenters. The third kappa shape index (κ3) is 7.29. The monoisotopic (exact) mass is 458 g/mol. The van der Waals surface area contributed by atoms with E-state index in [2.05, 4.69) is 36.5 Å². The van der Waals surface area contributed by atoms with E-state index in [1.807, 2.05) is 31.2 Å². The number of hydrogen-bond donors (Lipinski definition) is 1. The van der Waals surface area contributed by atoms with E-state index in [9.17, 15) is 9.59 Å². The summed E-state index contributed by atoms with van der Waals surface area (Å²) in [6.45, 7) is 4.28. The van der Waals surface area contributed by atoms with Gasteiger partial charge in [0.1, 0.15) is 6.04 Å². The molecule has 1 N–H and O–H groups in total. The molecule has 1 fully saturated rings. The van der Waals surface area contributed by atoms with E-state index in [0.717, 1.165) is 36.1 Å². The van der Waals surface area contributed by atoms with Gasteiger partial charge >= 0.3 is 0 Å². The zero-order valence-corrected chi connectivity index (χ0v) is 19.8. The van der Waals surface area contributed by atoms with Crippen molar-refractivity contribution in [2.45, 2.75) is 69.5 Å². The van der Waals surface area contributed by atoms with Gasteiger partial charge in [-0.3, -0.25) is 9.59 Å². The summed E-state index contributed by atoms with van der Waals surface area (Å²) in [6, 6.07) is 15.5. The normalized spacial score (nSPS) is 14.9. The van der Waals surface area contributed by atoms with E-state index in [-0.39, 0.29) is 17.9 Å². The maximum atomic E-state index is 13.1. The molecule has 0 saturated heterocycles. The topological polar surface area (TPSA) is 49.4 Å². The van der Waals surface area contributed by atoms with Gasteiger partial charge in [0.05, 0.1) is 0 Å². The maximum absolute atomic E-state index is 13.1. The number of thioether (sulfide) groups is 1. The first kappa shape index (κ1) is 23.7. The lowest BCUT2D eigenvalue weighted by Crippen LogP contribution is -2.49. The Hall–Kier alpha value is -1.98. The minimum atomic E-state index is -0.520. The molecule has 1 aliphatic carbocycles. The predicted molar refractivity (Wildman–Crippen MR) is 128 cm³/mol. The molecular formula is C25H31ClN2O2S. The second-order valence-electron chi connectivity index (χ2n) is 8.23. The zero-order valence-electron chi connectivity index (χ0n) is 18.3. The predicted octanol–water partition coefficient (Wildman–Crippen LogP) is 5.61. The van der Waals surface area contributed by atoms with Gasteiger partial charge in [-0.1, -0.05) is 54.3 Å². The number of benzene rings is 2. The van der Waals surface area contributed by atoms with Gasteiger partial charge < -0.3 is 10.2 Å². The number of halogens is 1. The quantitative estimate of drug-likeness (QED) is 0.497. The number of carbonyl (C=O) groups excluding carboxylic acids is 2. The molecule has 0 unspecified atom stereocenters. The minimum Gasteiger partial charge on any atom is -0.352 e. The Balaban J connectivity index is 1.64. The van der Waals surface area contributed by atoms with Crippen LogP contribution >= 0.6 is 23.4 Å². The average Bonchev–Trinajstić information content (AvgIpc) is 3.27. The number of nitrogens with zero attached hydrogens (tertiary/aromatic N) is 1. The summed E-state index contributed by atoms with van der Waals surface area (Å²) in [5.74, 6) is 0.597. The van der Waals surface area contributed by atoms with Gasteiger partial charge in [-0.25, -0.2) is 0 Å². The molecule has 0 spiro atoms. The van der Waals surface area contributed by atoms with Gasteiger partial charge in [-0.2, -0.15) is 0 Å². The summed E-state index contributed by atoms with van der Waals surface area (Å²) < 4.78 is 0. The van der Waals surface area contributed by atoms with Crippen molar-refractivity contribution in [3.63, 3.8) is 0 Å². The highest BCUT2D eigenvalue weighted by Crippen LogP contribution is 2.22. The van der Waals surface area contributed by atoms with Crippen molar-refractivity contribution in [2.75, 3.05) is 5.75 Å². The number of nitrogens with one attached hydrogen (secondary N) is 1. The Morgan fingerprint density at radius 3 is 2.39 bits per heavy atom. The zero-order chi connectivity index (χ0) is 22.2. The number of aryl methyl sites for hydroxylation is 1. The molecule has 0 radical (unpaired) electrons. The first-order chi connectivity index (χ1) is 14.9. The van der Waals surface area contributed by atoms with Crippen molar-refractivity contribution in [3.05, 3.63) is 64.7 Å². The molecule has 0 bridgehead atoms. The Morgan fingerprint density at radius 1 is 1.10 bits per heavy atom. The second kappa shape index (κ2) is 11.6. The molecule has 0 aliphatic heterocycles. The fraction of sp³-hybridized carbons (Fsp3) is 0.440. The Bertz CT molecular complexity index is 864. The van der Waals surface area contributed by atoms with Crippen molar-refractivity contribution < 1.29 is 9.59 Å². The molecule has 1 saturated carbocycles. The van der Waals surface area contributed by atoms with Crippen LogP contribution in [0.15, 0.2) is 53.4 Å². The summed E-state index contributed by atoms with van der Waals surface area (Å²) in [4.78, 5) is 28.9. The first-order valence-electron chi connectivity index (χ1n) is 11.0. The van der Waals surface area contributed by atoms with Gasteiger partial charge in [0, 0.05) is 34.7 Å². The lowest BCUT2D eigenvalue weighted by Gasteiger charge is -2.30. The Labute approximate surface area is 194 Å². The van der Waals surface area contributed by atoms with E-state index in [4.69, 9.17) is 11.6 Å². The lowest BCUT2D eigenvalue weighted by atomic mass is 10.1. The minimum absolute atomic E-state index is 0.0105. The molecule has 4 nitrogen and oxygen atoms in total. The number of rotatable bonds is 9. The maximum Gasteiger partial charge on any atom is 0.242 e. The van der Waals surface area contributed by atoms with Crippen LogP contribution in [0.2, 0.25) is 5.02 Å². The van der Waals surface area contributed by atoms with E-state index in [1.54, 1.807) is 16.7 Å².